The first-order chi connectivity index (χ1) is 9.72. The van der Waals surface area contributed by atoms with E-state index in [0.717, 1.165) is 54.3 Å². The lowest BCUT2D eigenvalue weighted by Gasteiger charge is -2.27. The molecule has 1 aliphatic heterocycles. The number of H-pyrrole nitrogens is 1. The predicted molar refractivity (Wildman–Crippen MR) is 78.7 cm³/mol. The summed E-state index contributed by atoms with van der Waals surface area (Å²) in [5.74, 6) is 3.15. The first kappa shape index (κ1) is 13.2. The number of fused-ring (bicyclic) bond motifs is 1. The predicted octanol–water partition coefficient (Wildman–Crippen LogP) is 2.39. The van der Waals surface area contributed by atoms with Crippen molar-refractivity contribution in [1.29, 1.82) is 0 Å². The van der Waals surface area contributed by atoms with Gasteiger partial charge in [0.1, 0.15) is 28.4 Å². The molecule has 5 heteroatoms. The lowest BCUT2D eigenvalue weighted by Crippen LogP contribution is -2.29. The Morgan fingerprint density at radius 3 is 2.45 bits per heavy atom. The highest BCUT2D eigenvalue weighted by molar-refractivity contribution is 5.87. The quantitative estimate of drug-likeness (QED) is 0.934. The highest BCUT2D eigenvalue weighted by Crippen LogP contribution is 2.34. The molecule has 0 saturated carbocycles. The lowest BCUT2D eigenvalue weighted by atomic mass is 9.97. The van der Waals surface area contributed by atoms with Crippen molar-refractivity contribution in [2.75, 3.05) is 34.4 Å². The minimum absolute atomic E-state index is 0.494. The van der Waals surface area contributed by atoms with Crippen molar-refractivity contribution >= 4 is 11.0 Å². The van der Waals surface area contributed by atoms with Crippen LogP contribution in [0.2, 0.25) is 0 Å². The van der Waals surface area contributed by atoms with E-state index in [1.54, 1.807) is 14.2 Å². The molecule has 1 fully saturated rings. The van der Waals surface area contributed by atoms with Gasteiger partial charge in [-0.05, 0) is 45.1 Å². The van der Waals surface area contributed by atoms with Crippen LogP contribution in [-0.4, -0.2) is 49.2 Å². The summed E-state index contributed by atoms with van der Waals surface area (Å²) in [4.78, 5) is 10.6. The molecule has 0 bridgehead atoms. The molecule has 108 valence electrons. The van der Waals surface area contributed by atoms with E-state index in [-0.39, 0.29) is 0 Å². The van der Waals surface area contributed by atoms with E-state index >= 15 is 0 Å². The molecule has 5 nitrogen and oxygen atoms in total. The van der Waals surface area contributed by atoms with Crippen molar-refractivity contribution < 1.29 is 9.47 Å². The van der Waals surface area contributed by atoms with E-state index in [1.165, 1.54) is 0 Å². The van der Waals surface area contributed by atoms with Gasteiger partial charge in [0.05, 0.1) is 14.2 Å². The number of nitrogens with zero attached hydrogens (tertiary/aromatic N) is 2. The molecule has 1 aromatic carbocycles. The molecule has 0 spiro atoms. The number of benzene rings is 1. The second-order valence-electron chi connectivity index (χ2n) is 5.39. The van der Waals surface area contributed by atoms with Crippen LogP contribution in [0, 0.1) is 0 Å². The van der Waals surface area contributed by atoms with Crippen molar-refractivity contribution in [3.63, 3.8) is 0 Å². The van der Waals surface area contributed by atoms with Gasteiger partial charge in [-0.15, -0.1) is 0 Å². The third kappa shape index (κ3) is 2.22. The largest absolute Gasteiger partial charge is 0.494 e. The van der Waals surface area contributed by atoms with Crippen molar-refractivity contribution in [3.8, 4) is 11.5 Å². The van der Waals surface area contributed by atoms with Crippen LogP contribution in [0.3, 0.4) is 0 Å². The second-order valence-corrected chi connectivity index (χ2v) is 5.39. The Labute approximate surface area is 118 Å². The normalized spacial score (nSPS) is 17.6. The Balaban J connectivity index is 2.01. The van der Waals surface area contributed by atoms with E-state index in [1.807, 2.05) is 12.1 Å². The summed E-state index contributed by atoms with van der Waals surface area (Å²) in [5.41, 5.74) is 1.79. The van der Waals surface area contributed by atoms with Gasteiger partial charge in [-0.1, -0.05) is 0 Å². The average molecular weight is 275 g/mol. The maximum Gasteiger partial charge on any atom is 0.146 e. The molecule has 2 aromatic rings. The van der Waals surface area contributed by atoms with Crippen LogP contribution in [0.15, 0.2) is 12.1 Å². The SMILES string of the molecule is COc1ccc(OC)c2[nH]c(C3CCN(C)CC3)nc12. The van der Waals surface area contributed by atoms with Gasteiger partial charge in [0.15, 0.2) is 0 Å². The summed E-state index contributed by atoms with van der Waals surface area (Å²) in [6, 6.07) is 3.82. The van der Waals surface area contributed by atoms with E-state index in [2.05, 4.69) is 16.9 Å². The number of aromatic nitrogens is 2. The number of hydrogen-bond donors (Lipinski definition) is 1. The fraction of sp³-hybridized carbons (Fsp3) is 0.533. The molecule has 3 rings (SSSR count). The molecule has 1 aliphatic rings. The van der Waals surface area contributed by atoms with Crippen LogP contribution in [0.1, 0.15) is 24.6 Å². The van der Waals surface area contributed by atoms with Crippen LogP contribution in [-0.2, 0) is 0 Å². The number of likely N-dealkylation sites (tertiary alicyclic amines) is 1. The van der Waals surface area contributed by atoms with Crippen molar-refractivity contribution in [2.45, 2.75) is 18.8 Å². The Kier molecular flexibility index (Phi) is 3.53. The Bertz CT molecular complexity index is 559. The Morgan fingerprint density at radius 1 is 1.15 bits per heavy atom. The molecular formula is C15H21N3O2. The molecule has 0 amide bonds. The Hall–Kier alpha value is -1.75. The fourth-order valence-electron chi connectivity index (χ4n) is 2.87. The molecule has 1 N–H and O–H groups in total. The van der Waals surface area contributed by atoms with E-state index in [9.17, 15) is 0 Å². The summed E-state index contributed by atoms with van der Waals surface area (Å²) in [5, 5.41) is 0. The van der Waals surface area contributed by atoms with Gasteiger partial charge < -0.3 is 19.4 Å². The fourth-order valence-corrected chi connectivity index (χ4v) is 2.87. The number of aromatic amines is 1. The van der Waals surface area contributed by atoms with Crippen LogP contribution in [0.25, 0.3) is 11.0 Å². The molecule has 1 aromatic heterocycles. The zero-order valence-electron chi connectivity index (χ0n) is 12.3. The molecule has 0 radical (unpaired) electrons. The minimum Gasteiger partial charge on any atom is -0.494 e. The van der Waals surface area contributed by atoms with Gasteiger partial charge in [0.25, 0.3) is 0 Å². The first-order valence-corrected chi connectivity index (χ1v) is 7.02. The third-order valence-corrected chi connectivity index (χ3v) is 4.13. The Morgan fingerprint density at radius 2 is 1.80 bits per heavy atom. The van der Waals surface area contributed by atoms with Crippen LogP contribution < -0.4 is 9.47 Å². The van der Waals surface area contributed by atoms with E-state index in [4.69, 9.17) is 14.5 Å². The molecule has 1 saturated heterocycles. The van der Waals surface area contributed by atoms with Crippen molar-refractivity contribution in [2.24, 2.45) is 0 Å². The van der Waals surface area contributed by atoms with Gasteiger partial charge in [-0.25, -0.2) is 4.98 Å². The lowest BCUT2D eigenvalue weighted by molar-refractivity contribution is 0.252. The average Bonchev–Trinajstić information content (AvgIpc) is 2.92. The second kappa shape index (κ2) is 5.32. The first-order valence-electron chi connectivity index (χ1n) is 7.02. The van der Waals surface area contributed by atoms with Gasteiger partial charge in [0, 0.05) is 5.92 Å². The number of nitrogens with one attached hydrogen (secondary N) is 1. The summed E-state index contributed by atoms with van der Waals surface area (Å²) < 4.78 is 10.8. The summed E-state index contributed by atoms with van der Waals surface area (Å²) in [6.07, 6.45) is 2.28. The summed E-state index contributed by atoms with van der Waals surface area (Å²) in [7, 11) is 5.52. The minimum atomic E-state index is 0.494. The summed E-state index contributed by atoms with van der Waals surface area (Å²) >= 11 is 0. The van der Waals surface area contributed by atoms with Gasteiger partial charge in [-0.3, -0.25) is 0 Å². The van der Waals surface area contributed by atoms with Gasteiger partial charge >= 0.3 is 0 Å². The molecular weight excluding hydrogens is 254 g/mol. The maximum absolute atomic E-state index is 5.41. The topological polar surface area (TPSA) is 50.4 Å². The number of piperidine rings is 1. The standard InChI is InChI=1S/C15H21N3O2/c1-18-8-6-10(7-9-18)15-16-13-11(19-2)4-5-12(20-3)14(13)17-15/h4-5,10H,6-9H2,1-3H3,(H,16,17). The van der Waals surface area contributed by atoms with Crippen LogP contribution >= 0.6 is 0 Å². The zero-order chi connectivity index (χ0) is 14.1. The molecule has 20 heavy (non-hydrogen) atoms. The molecule has 2 heterocycles. The number of hydrogen-bond acceptors (Lipinski definition) is 4. The molecule has 0 unspecified atom stereocenters. The van der Waals surface area contributed by atoms with Gasteiger partial charge in [-0.2, -0.15) is 0 Å². The third-order valence-electron chi connectivity index (χ3n) is 4.13. The number of imidazole rings is 1. The highest BCUT2D eigenvalue weighted by atomic mass is 16.5. The molecule has 0 aliphatic carbocycles. The van der Waals surface area contributed by atoms with Crippen LogP contribution in [0.4, 0.5) is 0 Å². The van der Waals surface area contributed by atoms with Crippen molar-refractivity contribution in [3.05, 3.63) is 18.0 Å². The maximum atomic E-state index is 5.41. The number of methoxy groups -OCH3 is 2. The number of ether oxygens (including phenoxy) is 2. The van der Waals surface area contributed by atoms with E-state index in [0.29, 0.717) is 5.92 Å². The highest BCUT2D eigenvalue weighted by Gasteiger charge is 2.23. The zero-order valence-corrected chi connectivity index (χ0v) is 12.3. The number of rotatable bonds is 3. The monoisotopic (exact) mass is 275 g/mol. The smallest absolute Gasteiger partial charge is 0.146 e. The molecule has 0 atom stereocenters. The van der Waals surface area contributed by atoms with Crippen molar-refractivity contribution in [1.82, 2.24) is 14.9 Å². The van der Waals surface area contributed by atoms with Crippen LogP contribution in [0.5, 0.6) is 11.5 Å². The van der Waals surface area contributed by atoms with E-state index < -0.39 is 0 Å². The summed E-state index contributed by atoms with van der Waals surface area (Å²) in [6.45, 7) is 2.24. The van der Waals surface area contributed by atoms with Gasteiger partial charge in [0.2, 0.25) is 0 Å².